The number of aromatic nitrogens is 1. The minimum absolute atomic E-state index is 0.0774. The van der Waals surface area contributed by atoms with E-state index in [-0.39, 0.29) is 6.04 Å². The maximum absolute atomic E-state index is 8.89. The predicted octanol–water partition coefficient (Wildman–Crippen LogP) is 2.09. The number of aryl methyl sites for hydroxylation is 1. The van der Waals surface area contributed by atoms with Crippen molar-refractivity contribution in [1.82, 2.24) is 4.98 Å². The number of hydrogen-bond acceptors (Lipinski definition) is 3. The zero-order chi connectivity index (χ0) is 11.3. The van der Waals surface area contributed by atoms with Crippen LogP contribution in [0.1, 0.15) is 24.6 Å². The first kappa shape index (κ1) is 11.1. The van der Waals surface area contributed by atoms with Crippen LogP contribution in [-0.2, 0) is 0 Å². The van der Waals surface area contributed by atoms with E-state index in [1.165, 1.54) is 0 Å². The second-order valence-corrected chi connectivity index (χ2v) is 3.23. The molecule has 0 aliphatic heterocycles. The SMILES string of the molecule is C#CC(CC)Nc1nc(C)ccc1C#N. The van der Waals surface area contributed by atoms with Crippen molar-refractivity contribution in [3.63, 3.8) is 0 Å². The van der Waals surface area contributed by atoms with Gasteiger partial charge in [0.1, 0.15) is 11.9 Å². The Morgan fingerprint density at radius 3 is 2.87 bits per heavy atom. The Bertz CT molecular complexity index is 423. The van der Waals surface area contributed by atoms with Gasteiger partial charge >= 0.3 is 0 Å². The van der Waals surface area contributed by atoms with Crippen LogP contribution < -0.4 is 5.32 Å². The lowest BCUT2D eigenvalue weighted by Gasteiger charge is -2.12. The fourth-order valence-electron chi connectivity index (χ4n) is 1.18. The van der Waals surface area contributed by atoms with Crippen molar-refractivity contribution in [3.8, 4) is 18.4 Å². The van der Waals surface area contributed by atoms with Crippen LogP contribution in [0.2, 0.25) is 0 Å². The van der Waals surface area contributed by atoms with Crippen LogP contribution in [0.5, 0.6) is 0 Å². The van der Waals surface area contributed by atoms with Gasteiger partial charge < -0.3 is 5.32 Å². The molecule has 0 spiro atoms. The van der Waals surface area contributed by atoms with Crippen molar-refractivity contribution in [1.29, 1.82) is 5.26 Å². The molecule has 1 heterocycles. The minimum Gasteiger partial charge on any atom is -0.355 e. The maximum Gasteiger partial charge on any atom is 0.145 e. The minimum atomic E-state index is -0.0774. The Labute approximate surface area is 90.1 Å². The van der Waals surface area contributed by atoms with Gasteiger partial charge in [-0.15, -0.1) is 6.42 Å². The number of nitriles is 1. The van der Waals surface area contributed by atoms with E-state index in [1.807, 2.05) is 13.8 Å². The number of terminal acetylenes is 1. The van der Waals surface area contributed by atoms with E-state index in [0.29, 0.717) is 11.4 Å². The molecule has 0 aliphatic carbocycles. The van der Waals surface area contributed by atoms with E-state index in [0.717, 1.165) is 12.1 Å². The first-order valence-corrected chi connectivity index (χ1v) is 4.81. The highest BCUT2D eigenvalue weighted by molar-refractivity contribution is 5.53. The molecule has 0 saturated carbocycles. The van der Waals surface area contributed by atoms with Crippen LogP contribution in [0.3, 0.4) is 0 Å². The standard InChI is InChI=1S/C12H13N3/c1-4-11(5-2)15-12-10(8-13)7-6-9(3)14-12/h1,6-7,11H,5H2,2-3H3,(H,14,15). The fraction of sp³-hybridized carbons (Fsp3) is 0.333. The first-order valence-electron chi connectivity index (χ1n) is 4.81. The highest BCUT2D eigenvalue weighted by Gasteiger charge is 2.07. The van der Waals surface area contributed by atoms with Crippen LogP contribution in [0.4, 0.5) is 5.82 Å². The van der Waals surface area contributed by atoms with Crippen molar-refractivity contribution in [3.05, 3.63) is 23.4 Å². The molecule has 0 aromatic carbocycles. The molecule has 1 unspecified atom stereocenters. The van der Waals surface area contributed by atoms with Crippen LogP contribution in [0.25, 0.3) is 0 Å². The summed E-state index contributed by atoms with van der Waals surface area (Å²) in [6.45, 7) is 3.86. The molecule has 3 heteroatoms. The van der Waals surface area contributed by atoms with Gasteiger partial charge in [0.25, 0.3) is 0 Å². The summed E-state index contributed by atoms with van der Waals surface area (Å²) in [7, 11) is 0. The first-order chi connectivity index (χ1) is 7.21. The predicted molar refractivity (Wildman–Crippen MR) is 60.2 cm³/mol. The van der Waals surface area contributed by atoms with E-state index < -0.39 is 0 Å². The summed E-state index contributed by atoms with van der Waals surface area (Å²) in [6.07, 6.45) is 6.14. The highest BCUT2D eigenvalue weighted by atomic mass is 15.0. The Hall–Kier alpha value is -2.00. The lowest BCUT2D eigenvalue weighted by Crippen LogP contribution is -2.17. The van der Waals surface area contributed by atoms with Gasteiger partial charge in [-0.2, -0.15) is 5.26 Å². The summed E-state index contributed by atoms with van der Waals surface area (Å²) in [4.78, 5) is 4.25. The van der Waals surface area contributed by atoms with E-state index >= 15 is 0 Å². The third-order valence-electron chi connectivity index (χ3n) is 2.08. The molecule has 0 radical (unpaired) electrons. The third kappa shape index (κ3) is 2.72. The molecule has 0 bridgehead atoms. The van der Waals surface area contributed by atoms with Crippen LogP contribution in [0.15, 0.2) is 12.1 Å². The normalized spacial score (nSPS) is 11.2. The van der Waals surface area contributed by atoms with Crippen molar-refractivity contribution >= 4 is 5.82 Å². The molecular weight excluding hydrogens is 186 g/mol. The highest BCUT2D eigenvalue weighted by Crippen LogP contribution is 2.13. The van der Waals surface area contributed by atoms with Crippen molar-refractivity contribution in [2.45, 2.75) is 26.3 Å². The number of nitrogens with one attached hydrogen (secondary N) is 1. The summed E-state index contributed by atoms with van der Waals surface area (Å²) >= 11 is 0. The molecule has 1 atom stereocenters. The molecule has 1 rings (SSSR count). The average Bonchev–Trinajstić information content (AvgIpc) is 2.26. The topological polar surface area (TPSA) is 48.7 Å². The summed E-state index contributed by atoms with van der Waals surface area (Å²) < 4.78 is 0. The number of pyridine rings is 1. The lowest BCUT2D eigenvalue weighted by atomic mass is 10.2. The van der Waals surface area contributed by atoms with Gasteiger partial charge in [0.2, 0.25) is 0 Å². The number of hydrogen-bond donors (Lipinski definition) is 1. The van der Waals surface area contributed by atoms with Gasteiger partial charge in [-0.05, 0) is 25.5 Å². The molecular formula is C12H13N3. The van der Waals surface area contributed by atoms with Gasteiger partial charge in [0.15, 0.2) is 0 Å². The van der Waals surface area contributed by atoms with Crippen LogP contribution >= 0.6 is 0 Å². The lowest BCUT2D eigenvalue weighted by molar-refractivity contribution is 0.848. The van der Waals surface area contributed by atoms with Gasteiger partial charge in [-0.1, -0.05) is 12.8 Å². The number of rotatable bonds is 3. The molecule has 0 aliphatic rings. The average molecular weight is 199 g/mol. The summed E-state index contributed by atoms with van der Waals surface area (Å²) in [6, 6.07) is 5.56. The second kappa shape index (κ2) is 5.02. The molecule has 76 valence electrons. The Balaban J connectivity index is 2.99. The van der Waals surface area contributed by atoms with Crippen LogP contribution in [-0.4, -0.2) is 11.0 Å². The zero-order valence-electron chi connectivity index (χ0n) is 8.91. The molecule has 0 fully saturated rings. The molecule has 1 aromatic heterocycles. The van der Waals surface area contributed by atoms with E-state index in [9.17, 15) is 0 Å². The van der Waals surface area contributed by atoms with Crippen molar-refractivity contribution < 1.29 is 0 Å². The van der Waals surface area contributed by atoms with Crippen molar-refractivity contribution in [2.75, 3.05) is 5.32 Å². The molecule has 1 aromatic rings. The zero-order valence-corrected chi connectivity index (χ0v) is 8.91. The van der Waals surface area contributed by atoms with Gasteiger partial charge in [-0.25, -0.2) is 4.98 Å². The molecule has 1 N–H and O–H groups in total. The summed E-state index contributed by atoms with van der Waals surface area (Å²) in [5.74, 6) is 3.18. The smallest absolute Gasteiger partial charge is 0.145 e. The van der Waals surface area contributed by atoms with E-state index in [1.54, 1.807) is 12.1 Å². The molecule has 0 saturated heterocycles. The molecule has 15 heavy (non-hydrogen) atoms. The van der Waals surface area contributed by atoms with Gasteiger partial charge in [0.05, 0.1) is 11.6 Å². The van der Waals surface area contributed by atoms with Gasteiger partial charge in [0, 0.05) is 5.69 Å². The second-order valence-electron chi connectivity index (χ2n) is 3.23. The number of nitrogens with zero attached hydrogens (tertiary/aromatic N) is 2. The van der Waals surface area contributed by atoms with Crippen molar-refractivity contribution in [2.24, 2.45) is 0 Å². The Kier molecular flexibility index (Phi) is 3.71. The Morgan fingerprint density at radius 1 is 1.60 bits per heavy atom. The molecule has 3 nitrogen and oxygen atoms in total. The summed E-state index contributed by atoms with van der Waals surface area (Å²) in [5, 5.41) is 12.0. The largest absolute Gasteiger partial charge is 0.355 e. The quantitative estimate of drug-likeness (QED) is 0.758. The maximum atomic E-state index is 8.89. The molecule has 0 amide bonds. The van der Waals surface area contributed by atoms with Gasteiger partial charge in [-0.3, -0.25) is 0 Å². The van der Waals surface area contributed by atoms with Crippen LogP contribution in [0, 0.1) is 30.6 Å². The summed E-state index contributed by atoms with van der Waals surface area (Å²) in [5.41, 5.74) is 1.39. The number of anilines is 1. The third-order valence-corrected chi connectivity index (χ3v) is 2.08. The van der Waals surface area contributed by atoms with E-state index in [4.69, 9.17) is 11.7 Å². The van der Waals surface area contributed by atoms with E-state index in [2.05, 4.69) is 22.3 Å². The fourth-order valence-corrected chi connectivity index (χ4v) is 1.18. The monoisotopic (exact) mass is 199 g/mol. The Morgan fingerprint density at radius 2 is 2.33 bits per heavy atom.